The lowest BCUT2D eigenvalue weighted by Crippen LogP contribution is -2.49. The molecule has 1 fully saturated rings. The highest BCUT2D eigenvalue weighted by molar-refractivity contribution is 5.97. The highest BCUT2D eigenvalue weighted by Gasteiger charge is 2.24. The molecule has 0 radical (unpaired) electrons. The Balaban J connectivity index is 1.59. The van der Waals surface area contributed by atoms with Gasteiger partial charge in [0.15, 0.2) is 5.82 Å². The topological polar surface area (TPSA) is 85.4 Å². The SMILES string of the molecule is Cc1cc(N/C=C(/C#N)C(=O)N2CCN(c3ccc(F)cc3)CC2)no1. The number of hydrogen-bond donors (Lipinski definition) is 1. The van der Waals surface area contributed by atoms with Crippen LogP contribution < -0.4 is 10.2 Å². The maximum atomic E-state index is 13.0. The van der Waals surface area contributed by atoms with Gasteiger partial charge in [-0.15, -0.1) is 0 Å². The molecule has 0 bridgehead atoms. The second-order valence-corrected chi connectivity index (χ2v) is 5.89. The minimum atomic E-state index is -0.334. The number of nitrogens with zero attached hydrogens (tertiary/aromatic N) is 4. The lowest BCUT2D eigenvalue weighted by Gasteiger charge is -2.36. The Bertz CT molecular complexity index is 845. The van der Waals surface area contributed by atoms with Crippen molar-refractivity contribution in [2.75, 3.05) is 36.4 Å². The number of benzene rings is 1. The normalized spacial score (nSPS) is 14.9. The molecule has 1 saturated heterocycles. The van der Waals surface area contributed by atoms with Crippen LogP contribution in [0.2, 0.25) is 0 Å². The number of piperazine rings is 1. The average Bonchev–Trinajstić information content (AvgIpc) is 3.08. The van der Waals surface area contributed by atoms with E-state index in [4.69, 9.17) is 4.52 Å². The first-order valence-electron chi connectivity index (χ1n) is 8.17. The van der Waals surface area contributed by atoms with Gasteiger partial charge in [0, 0.05) is 44.1 Å². The summed E-state index contributed by atoms with van der Waals surface area (Å²) < 4.78 is 17.9. The van der Waals surface area contributed by atoms with Crippen molar-refractivity contribution in [2.24, 2.45) is 0 Å². The Kier molecular flexibility index (Phi) is 5.17. The molecule has 1 aliphatic heterocycles. The zero-order valence-corrected chi connectivity index (χ0v) is 14.3. The average molecular weight is 355 g/mol. The molecule has 0 spiro atoms. The van der Waals surface area contributed by atoms with Crippen molar-refractivity contribution in [1.29, 1.82) is 5.26 Å². The van der Waals surface area contributed by atoms with Crippen LogP contribution in [-0.2, 0) is 4.79 Å². The molecule has 134 valence electrons. The van der Waals surface area contributed by atoms with Crippen LogP contribution in [-0.4, -0.2) is 42.1 Å². The Morgan fingerprint density at radius 1 is 1.31 bits per heavy atom. The highest BCUT2D eigenvalue weighted by atomic mass is 19.1. The summed E-state index contributed by atoms with van der Waals surface area (Å²) in [6, 6.07) is 9.86. The maximum absolute atomic E-state index is 13.0. The van der Waals surface area contributed by atoms with Crippen molar-refractivity contribution in [2.45, 2.75) is 6.92 Å². The molecule has 1 aromatic heterocycles. The number of carbonyl (C=O) groups excluding carboxylic acids is 1. The first-order chi connectivity index (χ1) is 12.6. The molecule has 0 saturated carbocycles. The van der Waals surface area contributed by atoms with Crippen molar-refractivity contribution in [1.82, 2.24) is 10.1 Å². The largest absolute Gasteiger partial charge is 0.368 e. The van der Waals surface area contributed by atoms with Gasteiger partial charge in [-0.2, -0.15) is 5.26 Å². The number of rotatable bonds is 4. The highest BCUT2D eigenvalue weighted by Crippen LogP contribution is 2.18. The standard InChI is InChI=1S/C18H18FN5O2/c1-13-10-17(22-26-13)21-12-14(11-20)18(25)24-8-6-23(7-9-24)16-4-2-15(19)3-5-16/h2-5,10,12H,6-9H2,1H3,(H,21,22)/b14-12-. The number of carbonyl (C=O) groups is 1. The van der Waals surface area contributed by atoms with Gasteiger partial charge in [-0.1, -0.05) is 5.16 Å². The summed E-state index contributed by atoms with van der Waals surface area (Å²) in [6.45, 7) is 3.95. The zero-order valence-electron chi connectivity index (χ0n) is 14.3. The number of halogens is 1. The van der Waals surface area contributed by atoms with E-state index in [0.29, 0.717) is 37.8 Å². The van der Waals surface area contributed by atoms with E-state index in [2.05, 4.69) is 15.4 Å². The molecule has 0 atom stereocenters. The Morgan fingerprint density at radius 2 is 2.00 bits per heavy atom. The van der Waals surface area contributed by atoms with E-state index >= 15 is 0 Å². The Morgan fingerprint density at radius 3 is 2.58 bits per heavy atom. The van der Waals surface area contributed by atoms with Crippen LogP contribution in [0.25, 0.3) is 0 Å². The van der Waals surface area contributed by atoms with E-state index in [1.807, 2.05) is 6.07 Å². The van der Waals surface area contributed by atoms with Crippen molar-refractivity contribution in [3.63, 3.8) is 0 Å². The minimum Gasteiger partial charge on any atom is -0.368 e. The molecular formula is C18H18FN5O2. The van der Waals surface area contributed by atoms with Crippen LogP contribution in [0.1, 0.15) is 5.76 Å². The fourth-order valence-corrected chi connectivity index (χ4v) is 2.71. The Hall–Kier alpha value is -3.34. The zero-order chi connectivity index (χ0) is 18.5. The molecule has 1 amide bonds. The van der Waals surface area contributed by atoms with Crippen molar-refractivity contribution < 1.29 is 13.7 Å². The summed E-state index contributed by atoms with van der Waals surface area (Å²) in [6.07, 6.45) is 1.34. The van der Waals surface area contributed by atoms with Gasteiger partial charge < -0.3 is 19.6 Å². The minimum absolute atomic E-state index is 0.000820. The van der Waals surface area contributed by atoms with Crippen molar-refractivity contribution in [3.8, 4) is 6.07 Å². The molecule has 1 N–H and O–H groups in total. The number of aromatic nitrogens is 1. The van der Waals surface area contributed by atoms with Gasteiger partial charge in [0.2, 0.25) is 0 Å². The smallest absolute Gasteiger partial charge is 0.266 e. The quantitative estimate of drug-likeness (QED) is 0.669. The number of amides is 1. The molecule has 3 rings (SSSR count). The third-order valence-corrected chi connectivity index (χ3v) is 4.10. The van der Waals surface area contributed by atoms with Gasteiger partial charge >= 0.3 is 0 Å². The molecule has 1 aromatic carbocycles. The molecule has 7 nitrogen and oxygen atoms in total. The van der Waals surface area contributed by atoms with Crippen LogP contribution in [0.5, 0.6) is 0 Å². The van der Waals surface area contributed by atoms with Gasteiger partial charge in [0.25, 0.3) is 5.91 Å². The van der Waals surface area contributed by atoms with Gasteiger partial charge in [-0.25, -0.2) is 4.39 Å². The van der Waals surface area contributed by atoms with Crippen LogP contribution in [0.4, 0.5) is 15.9 Å². The van der Waals surface area contributed by atoms with E-state index in [0.717, 1.165) is 5.69 Å². The summed E-state index contributed by atoms with van der Waals surface area (Å²) in [5, 5.41) is 15.8. The van der Waals surface area contributed by atoms with Gasteiger partial charge in [-0.3, -0.25) is 4.79 Å². The lowest BCUT2D eigenvalue weighted by atomic mass is 10.2. The first-order valence-corrected chi connectivity index (χ1v) is 8.17. The van der Waals surface area contributed by atoms with E-state index in [1.54, 1.807) is 30.0 Å². The second-order valence-electron chi connectivity index (χ2n) is 5.89. The molecule has 1 aliphatic rings. The van der Waals surface area contributed by atoms with Crippen LogP contribution in [0.15, 0.2) is 46.6 Å². The number of nitrogens with one attached hydrogen (secondary N) is 1. The third-order valence-electron chi connectivity index (χ3n) is 4.10. The summed E-state index contributed by atoms with van der Waals surface area (Å²) in [4.78, 5) is 16.2. The predicted octanol–water partition coefficient (Wildman–Crippen LogP) is 2.29. The Labute approximate surface area is 150 Å². The van der Waals surface area contributed by atoms with Crippen LogP contribution in [0, 0.1) is 24.1 Å². The summed E-state index contributed by atoms with van der Waals surface area (Å²) >= 11 is 0. The maximum Gasteiger partial charge on any atom is 0.266 e. The number of nitriles is 1. The van der Waals surface area contributed by atoms with Gasteiger partial charge in [0.05, 0.1) is 0 Å². The summed E-state index contributed by atoms with van der Waals surface area (Å²) in [5.41, 5.74) is 0.915. The van der Waals surface area contributed by atoms with Crippen molar-refractivity contribution >= 4 is 17.4 Å². The first kappa shape index (κ1) is 17.5. The van der Waals surface area contributed by atoms with E-state index in [9.17, 15) is 14.4 Å². The van der Waals surface area contributed by atoms with E-state index in [-0.39, 0.29) is 17.3 Å². The second kappa shape index (κ2) is 7.70. The summed E-state index contributed by atoms with van der Waals surface area (Å²) in [7, 11) is 0. The molecule has 26 heavy (non-hydrogen) atoms. The molecule has 0 unspecified atom stereocenters. The van der Waals surface area contributed by atoms with Crippen LogP contribution >= 0.6 is 0 Å². The predicted molar refractivity (Wildman–Crippen MR) is 93.8 cm³/mol. The monoisotopic (exact) mass is 355 g/mol. The van der Waals surface area contributed by atoms with Gasteiger partial charge in [-0.05, 0) is 31.2 Å². The molecular weight excluding hydrogens is 337 g/mol. The molecule has 2 aromatic rings. The number of anilines is 2. The van der Waals surface area contributed by atoms with Crippen molar-refractivity contribution in [3.05, 3.63) is 53.7 Å². The fourth-order valence-electron chi connectivity index (χ4n) is 2.71. The fraction of sp³-hybridized carbons (Fsp3) is 0.278. The van der Waals surface area contributed by atoms with E-state index < -0.39 is 0 Å². The molecule has 8 heteroatoms. The molecule has 0 aliphatic carbocycles. The van der Waals surface area contributed by atoms with E-state index in [1.165, 1.54) is 18.3 Å². The van der Waals surface area contributed by atoms with Gasteiger partial charge in [0.1, 0.15) is 23.2 Å². The lowest BCUT2D eigenvalue weighted by molar-refractivity contribution is -0.127. The number of aryl methyl sites for hydroxylation is 1. The van der Waals surface area contributed by atoms with Crippen LogP contribution in [0.3, 0.4) is 0 Å². The third kappa shape index (κ3) is 4.00. The number of hydrogen-bond acceptors (Lipinski definition) is 6. The molecule has 2 heterocycles. The summed E-state index contributed by atoms with van der Waals surface area (Å²) in [5.74, 6) is 0.451.